The fourth-order valence-corrected chi connectivity index (χ4v) is 2.89. The van der Waals surface area contributed by atoms with Crippen LogP contribution in [0.15, 0.2) is 24.3 Å². The second kappa shape index (κ2) is 7.92. The molecule has 24 heavy (non-hydrogen) atoms. The molecule has 128 valence electrons. The molecule has 6 nitrogen and oxygen atoms in total. The smallest absolute Gasteiger partial charge is 0.350 e. The van der Waals surface area contributed by atoms with E-state index in [0.29, 0.717) is 17.1 Å². The standard InChI is InChI=1S/C17H21N3O3S/c1-11-16(24-12(2)19-11)17(22)23-10-15(21)18-9-13-5-7-14(8-6-13)20(3)4/h5-8H,9-10H2,1-4H3,(H,18,21). The first-order valence-electron chi connectivity index (χ1n) is 7.51. The summed E-state index contributed by atoms with van der Waals surface area (Å²) >= 11 is 1.27. The van der Waals surface area contributed by atoms with E-state index in [1.54, 1.807) is 6.92 Å². The molecular formula is C17H21N3O3S. The normalized spacial score (nSPS) is 10.3. The molecule has 0 atom stereocenters. The Kier molecular flexibility index (Phi) is 5.92. The van der Waals surface area contributed by atoms with Crippen molar-refractivity contribution in [2.24, 2.45) is 0 Å². The molecule has 1 aromatic carbocycles. The monoisotopic (exact) mass is 347 g/mol. The quantitative estimate of drug-likeness (QED) is 0.812. The lowest BCUT2D eigenvalue weighted by Gasteiger charge is -2.13. The van der Waals surface area contributed by atoms with Crippen molar-refractivity contribution in [3.63, 3.8) is 0 Å². The lowest BCUT2D eigenvalue weighted by atomic mass is 10.2. The summed E-state index contributed by atoms with van der Waals surface area (Å²) in [6.07, 6.45) is 0. The van der Waals surface area contributed by atoms with E-state index in [-0.39, 0.29) is 12.5 Å². The molecule has 7 heteroatoms. The number of aromatic nitrogens is 1. The Bertz CT molecular complexity index is 723. The van der Waals surface area contributed by atoms with E-state index >= 15 is 0 Å². The second-order valence-electron chi connectivity index (χ2n) is 5.56. The first kappa shape index (κ1) is 17.9. The van der Waals surface area contributed by atoms with Gasteiger partial charge in [-0.15, -0.1) is 11.3 Å². The van der Waals surface area contributed by atoms with Crippen LogP contribution in [0.2, 0.25) is 0 Å². The summed E-state index contributed by atoms with van der Waals surface area (Å²) in [7, 11) is 3.94. The molecule has 0 unspecified atom stereocenters. The van der Waals surface area contributed by atoms with Crippen molar-refractivity contribution in [2.75, 3.05) is 25.6 Å². The number of amides is 1. The van der Waals surface area contributed by atoms with Crippen LogP contribution in [0.4, 0.5) is 5.69 Å². The number of ether oxygens (including phenoxy) is 1. The van der Waals surface area contributed by atoms with Crippen molar-refractivity contribution >= 4 is 28.9 Å². The molecule has 1 heterocycles. The first-order valence-corrected chi connectivity index (χ1v) is 8.32. The van der Waals surface area contributed by atoms with Gasteiger partial charge in [-0.25, -0.2) is 9.78 Å². The van der Waals surface area contributed by atoms with Gasteiger partial charge in [0.2, 0.25) is 0 Å². The summed E-state index contributed by atoms with van der Waals surface area (Å²) in [6.45, 7) is 3.66. The highest BCUT2D eigenvalue weighted by Crippen LogP contribution is 2.18. The average molecular weight is 347 g/mol. The molecule has 1 N–H and O–H groups in total. The van der Waals surface area contributed by atoms with Crippen molar-refractivity contribution in [3.8, 4) is 0 Å². The van der Waals surface area contributed by atoms with E-state index in [1.165, 1.54) is 11.3 Å². The molecule has 0 aliphatic heterocycles. The van der Waals surface area contributed by atoms with Crippen LogP contribution in [0, 0.1) is 13.8 Å². The number of aryl methyl sites for hydroxylation is 2. The summed E-state index contributed by atoms with van der Waals surface area (Å²) in [6, 6.07) is 7.86. The van der Waals surface area contributed by atoms with Crippen LogP contribution in [-0.2, 0) is 16.1 Å². The minimum absolute atomic E-state index is 0.301. The van der Waals surface area contributed by atoms with E-state index < -0.39 is 5.97 Å². The third-order valence-electron chi connectivity index (χ3n) is 3.37. The number of carbonyl (C=O) groups is 2. The molecule has 0 aliphatic carbocycles. The van der Waals surface area contributed by atoms with Gasteiger partial charge in [0.15, 0.2) is 6.61 Å². The lowest BCUT2D eigenvalue weighted by molar-refractivity contribution is -0.124. The summed E-state index contributed by atoms with van der Waals surface area (Å²) in [5.74, 6) is -0.845. The van der Waals surface area contributed by atoms with Gasteiger partial charge in [0.05, 0.1) is 10.7 Å². The Hall–Kier alpha value is -2.41. The van der Waals surface area contributed by atoms with Gasteiger partial charge in [-0.2, -0.15) is 0 Å². The second-order valence-corrected chi connectivity index (χ2v) is 6.76. The van der Waals surface area contributed by atoms with Crippen LogP contribution < -0.4 is 10.2 Å². The van der Waals surface area contributed by atoms with E-state index in [4.69, 9.17) is 4.74 Å². The van der Waals surface area contributed by atoms with E-state index in [0.717, 1.165) is 16.3 Å². The molecule has 1 aromatic heterocycles. The number of hydrogen-bond acceptors (Lipinski definition) is 6. The molecule has 0 aliphatic rings. The maximum atomic E-state index is 11.9. The summed E-state index contributed by atoms with van der Waals surface area (Å²) in [5, 5.41) is 3.53. The zero-order valence-electron chi connectivity index (χ0n) is 14.3. The fraction of sp³-hybridized carbons (Fsp3) is 0.353. The zero-order valence-corrected chi connectivity index (χ0v) is 15.1. The number of nitrogens with one attached hydrogen (secondary N) is 1. The van der Waals surface area contributed by atoms with Gasteiger partial charge in [0.25, 0.3) is 5.91 Å². The SMILES string of the molecule is Cc1nc(C)c(C(=O)OCC(=O)NCc2ccc(N(C)C)cc2)s1. The van der Waals surface area contributed by atoms with Gasteiger partial charge in [-0.1, -0.05) is 12.1 Å². The van der Waals surface area contributed by atoms with Crippen molar-refractivity contribution < 1.29 is 14.3 Å². The van der Waals surface area contributed by atoms with E-state index in [2.05, 4.69) is 10.3 Å². The minimum Gasteiger partial charge on any atom is -0.451 e. The van der Waals surface area contributed by atoms with Gasteiger partial charge in [0, 0.05) is 26.3 Å². The average Bonchev–Trinajstić information content (AvgIpc) is 2.89. The molecule has 1 amide bonds. The molecule has 0 saturated heterocycles. The van der Waals surface area contributed by atoms with Gasteiger partial charge < -0.3 is 15.0 Å². The molecule has 0 spiro atoms. The number of thiazole rings is 1. The predicted octanol–water partition coefficient (Wildman–Crippen LogP) is 2.30. The molecule has 0 bridgehead atoms. The van der Waals surface area contributed by atoms with Crippen LogP contribution in [0.25, 0.3) is 0 Å². The number of nitrogens with zero attached hydrogens (tertiary/aromatic N) is 2. The van der Waals surface area contributed by atoms with Gasteiger partial charge in [-0.3, -0.25) is 4.79 Å². The highest BCUT2D eigenvalue weighted by molar-refractivity contribution is 7.13. The van der Waals surface area contributed by atoms with E-state index in [9.17, 15) is 9.59 Å². The Morgan fingerprint density at radius 1 is 1.21 bits per heavy atom. The Labute approximate surface area is 145 Å². The van der Waals surface area contributed by atoms with Crippen LogP contribution in [0.5, 0.6) is 0 Å². The van der Waals surface area contributed by atoms with Crippen LogP contribution in [0.3, 0.4) is 0 Å². The highest BCUT2D eigenvalue weighted by Gasteiger charge is 2.16. The third-order valence-corrected chi connectivity index (χ3v) is 4.42. The largest absolute Gasteiger partial charge is 0.451 e. The van der Waals surface area contributed by atoms with Crippen LogP contribution >= 0.6 is 11.3 Å². The number of rotatable bonds is 6. The maximum Gasteiger partial charge on any atom is 0.350 e. The van der Waals surface area contributed by atoms with Crippen molar-refractivity contribution in [3.05, 3.63) is 45.4 Å². The Morgan fingerprint density at radius 3 is 2.42 bits per heavy atom. The maximum absolute atomic E-state index is 11.9. The topological polar surface area (TPSA) is 71.5 Å². The van der Waals surface area contributed by atoms with Crippen molar-refractivity contribution in [1.82, 2.24) is 10.3 Å². The lowest BCUT2D eigenvalue weighted by Crippen LogP contribution is -2.28. The molecule has 0 saturated carbocycles. The van der Waals surface area contributed by atoms with Crippen LogP contribution in [0.1, 0.15) is 25.9 Å². The van der Waals surface area contributed by atoms with Gasteiger partial charge in [-0.05, 0) is 31.5 Å². The van der Waals surface area contributed by atoms with Gasteiger partial charge >= 0.3 is 5.97 Å². The Morgan fingerprint density at radius 2 is 1.88 bits per heavy atom. The molecule has 0 radical (unpaired) electrons. The van der Waals surface area contributed by atoms with Gasteiger partial charge in [0.1, 0.15) is 4.88 Å². The number of benzene rings is 1. The summed E-state index contributed by atoms with van der Waals surface area (Å²) in [4.78, 5) is 30.3. The number of carbonyl (C=O) groups excluding carboxylic acids is 2. The number of hydrogen-bond donors (Lipinski definition) is 1. The fourth-order valence-electron chi connectivity index (χ4n) is 2.08. The first-order chi connectivity index (χ1) is 11.4. The number of esters is 1. The van der Waals surface area contributed by atoms with Crippen LogP contribution in [-0.4, -0.2) is 37.6 Å². The summed E-state index contributed by atoms with van der Waals surface area (Å²) in [5.41, 5.74) is 2.70. The zero-order chi connectivity index (χ0) is 17.7. The number of anilines is 1. The third kappa shape index (κ3) is 4.79. The molecular weight excluding hydrogens is 326 g/mol. The van der Waals surface area contributed by atoms with Crippen molar-refractivity contribution in [2.45, 2.75) is 20.4 Å². The Balaban J connectivity index is 1.79. The minimum atomic E-state index is -0.511. The summed E-state index contributed by atoms with van der Waals surface area (Å²) < 4.78 is 5.04. The molecule has 2 aromatic rings. The molecule has 0 fully saturated rings. The highest BCUT2D eigenvalue weighted by atomic mass is 32.1. The van der Waals surface area contributed by atoms with Crippen molar-refractivity contribution in [1.29, 1.82) is 0 Å². The predicted molar refractivity (Wildman–Crippen MR) is 94.5 cm³/mol. The van der Waals surface area contributed by atoms with E-state index in [1.807, 2.05) is 50.2 Å². The molecule has 2 rings (SSSR count).